The molecule has 0 amide bonds. The highest BCUT2D eigenvalue weighted by molar-refractivity contribution is 14.0. The smallest absolute Gasteiger partial charge is 0.191 e. The lowest BCUT2D eigenvalue weighted by Crippen LogP contribution is -2.41. The van der Waals surface area contributed by atoms with E-state index in [-0.39, 0.29) is 30.1 Å². The van der Waals surface area contributed by atoms with Gasteiger partial charge >= 0.3 is 0 Å². The maximum Gasteiger partial charge on any atom is 0.191 e. The van der Waals surface area contributed by atoms with E-state index >= 15 is 0 Å². The number of aromatic nitrogens is 1. The zero-order chi connectivity index (χ0) is 20.4. The number of rotatable bonds is 10. The lowest BCUT2D eigenvalue weighted by molar-refractivity contribution is 0.223. The molecule has 0 spiro atoms. The third-order valence-corrected chi connectivity index (χ3v) is 4.30. The summed E-state index contributed by atoms with van der Waals surface area (Å²) >= 11 is 0. The number of nitrogens with one attached hydrogen (secondary N) is 2. The molecular weight excluding hydrogens is 483 g/mol. The minimum absolute atomic E-state index is 0. The fourth-order valence-corrected chi connectivity index (χ4v) is 2.79. The Morgan fingerprint density at radius 2 is 1.79 bits per heavy atom. The van der Waals surface area contributed by atoms with Gasteiger partial charge in [0.2, 0.25) is 0 Å². The predicted octanol–water partition coefficient (Wildman–Crippen LogP) is 3.95. The highest BCUT2D eigenvalue weighted by atomic mass is 127. The van der Waals surface area contributed by atoms with E-state index in [9.17, 15) is 0 Å². The molecule has 0 bridgehead atoms. The number of aryl methyl sites for hydroxylation is 2. The first kappa shape index (κ1) is 25.1. The van der Waals surface area contributed by atoms with Crippen LogP contribution >= 0.6 is 24.0 Å². The molecule has 2 rings (SSSR count). The van der Waals surface area contributed by atoms with Crippen molar-refractivity contribution in [2.45, 2.75) is 53.2 Å². The molecule has 1 aromatic heterocycles. The summed E-state index contributed by atoms with van der Waals surface area (Å²) in [4.78, 5) is 4.70. The number of halogens is 1. The molecule has 162 valence electrons. The maximum absolute atomic E-state index is 5.94. The Kier molecular flexibility index (Phi) is 11.5. The molecule has 1 atom stereocenters. The zero-order valence-corrected chi connectivity index (χ0v) is 20.3. The van der Waals surface area contributed by atoms with Gasteiger partial charge in [-0.1, -0.05) is 19.0 Å². The molecule has 0 aliphatic rings. The van der Waals surface area contributed by atoms with Crippen LogP contribution in [0.2, 0.25) is 0 Å². The lowest BCUT2D eigenvalue weighted by Gasteiger charge is -2.18. The Bertz CT molecular complexity index is 725. The maximum atomic E-state index is 5.94. The molecule has 2 aromatic rings. The lowest BCUT2D eigenvalue weighted by atomic mass is 10.1. The van der Waals surface area contributed by atoms with Gasteiger partial charge in [0.25, 0.3) is 0 Å². The van der Waals surface area contributed by atoms with Gasteiger partial charge in [-0.3, -0.25) is 0 Å². The first-order valence-electron chi connectivity index (χ1n) is 9.90. The first-order chi connectivity index (χ1) is 13.6. The summed E-state index contributed by atoms with van der Waals surface area (Å²) in [5.74, 6) is 3.28. The Morgan fingerprint density at radius 1 is 1.10 bits per heavy atom. The first-order valence-corrected chi connectivity index (χ1v) is 9.90. The van der Waals surface area contributed by atoms with Gasteiger partial charge in [-0.25, -0.2) is 4.99 Å². The molecule has 1 heterocycles. The second kappa shape index (κ2) is 13.3. The molecule has 2 N–H and O–H groups in total. The van der Waals surface area contributed by atoms with Crippen LogP contribution in [0.5, 0.6) is 11.5 Å². The third kappa shape index (κ3) is 7.75. The number of benzene rings is 1. The number of guanidine groups is 1. The van der Waals surface area contributed by atoms with E-state index in [2.05, 4.69) is 29.6 Å². The van der Waals surface area contributed by atoms with Gasteiger partial charge in [0.1, 0.15) is 23.4 Å². The van der Waals surface area contributed by atoms with Crippen molar-refractivity contribution >= 4 is 29.9 Å². The quantitative estimate of drug-likeness (QED) is 0.283. The molecule has 7 nitrogen and oxygen atoms in total. The Balaban J connectivity index is 0.00000420. The molecule has 0 saturated heterocycles. The molecule has 0 radical (unpaired) electrons. The van der Waals surface area contributed by atoms with Crippen molar-refractivity contribution in [3.63, 3.8) is 0 Å². The van der Waals surface area contributed by atoms with Crippen LogP contribution in [0.1, 0.15) is 44.7 Å². The van der Waals surface area contributed by atoms with Crippen LogP contribution in [0.15, 0.2) is 33.8 Å². The van der Waals surface area contributed by atoms with Gasteiger partial charge in [0.15, 0.2) is 5.96 Å². The highest BCUT2D eigenvalue weighted by Gasteiger charge is 2.13. The summed E-state index contributed by atoms with van der Waals surface area (Å²) in [7, 11) is 1.65. The molecule has 0 aliphatic carbocycles. The van der Waals surface area contributed by atoms with Gasteiger partial charge in [0, 0.05) is 18.5 Å². The largest absolute Gasteiger partial charge is 0.497 e. The van der Waals surface area contributed by atoms with Crippen LogP contribution in [0, 0.1) is 0 Å². The van der Waals surface area contributed by atoms with Crippen molar-refractivity contribution in [3.05, 3.63) is 41.3 Å². The highest BCUT2D eigenvalue weighted by Crippen LogP contribution is 2.18. The molecule has 1 unspecified atom stereocenters. The fourth-order valence-electron chi connectivity index (χ4n) is 2.79. The van der Waals surface area contributed by atoms with E-state index in [4.69, 9.17) is 19.0 Å². The number of methoxy groups -OCH3 is 1. The van der Waals surface area contributed by atoms with Gasteiger partial charge in [-0.2, -0.15) is 0 Å². The summed E-state index contributed by atoms with van der Waals surface area (Å²) < 4.78 is 16.5. The SMILES string of the molecule is CCNC(=NCc1c(CC)noc1CC)NCC(C)Oc1ccc(OC)cc1.I. The second-order valence-corrected chi connectivity index (χ2v) is 6.42. The molecule has 0 saturated carbocycles. The summed E-state index contributed by atoms with van der Waals surface area (Å²) in [6.45, 7) is 10.2. The van der Waals surface area contributed by atoms with Crippen molar-refractivity contribution in [1.82, 2.24) is 15.8 Å². The van der Waals surface area contributed by atoms with Crippen LogP contribution in [-0.2, 0) is 19.4 Å². The Hall–Kier alpha value is -1.97. The van der Waals surface area contributed by atoms with E-state index in [1.165, 1.54) is 0 Å². The molecule has 1 aromatic carbocycles. The van der Waals surface area contributed by atoms with Crippen molar-refractivity contribution in [3.8, 4) is 11.5 Å². The average molecular weight is 516 g/mol. The molecule has 8 heteroatoms. The van der Waals surface area contributed by atoms with E-state index in [0.29, 0.717) is 13.1 Å². The Morgan fingerprint density at radius 3 is 2.38 bits per heavy atom. The van der Waals surface area contributed by atoms with E-state index in [0.717, 1.165) is 53.9 Å². The van der Waals surface area contributed by atoms with Crippen molar-refractivity contribution in [1.29, 1.82) is 0 Å². The van der Waals surface area contributed by atoms with E-state index < -0.39 is 0 Å². The topological polar surface area (TPSA) is 80.9 Å². The summed E-state index contributed by atoms with van der Waals surface area (Å²) in [5.41, 5.74) is 2.07. The number of nitrogens with zero attached hydrogens (tertiary/aromatic N) is 2. The third-order valence-electron chi connectivity index (χ3n) is 4.30. The Labute approximate surface area is 190 Å². The zero-order valence-electron chi connectivity index (χ0n) is 17.9. The monoisotopic (exact) mass is 516 g/mol. The number of aliphatic imine (C=N–C) groups is 1. The number of hydrogen-bond donors (Lipinski definition) is 2. The number of ether oxygens (including phenoxy) is 2. The normalized spacial score (nSPS) is 12.1. The summed E-state index contributed by atoms with van der Waals surface area (Å²) in [6, 6.07) is 7.57. The van der Waals surface area contributed by atoms with E-state index in [1.807, 2.05) is 38.1 Å². The second-order valence-electron chi connectivity index (χ2n) is 6.42. The van der Waals surface area contributed by atoms with Crippen molar-refractivity contribution in [2.75, 3.05) is 20.2 Å². The molecule has 0 fully saturated rings. The molecular formula is C21H33IN4O3. The van der Waals surface area contributed by atoms with Crippen LogP contribution < -0.4 is 20.1 Å². The number of hydrogen-bond acceptors (Lipinski definition) is 5. The van der Waals surface area contributed by atoms with Crippen LogP contribution in [-0.4, -0.2) is 37.4 Å². The van der Waals surface area contributed by atoms with Crippen molar-refractivity contribution in [2.24, 2.45) is 4.99 Å². The summed E-state index contributed by atoms with van der Waals surface area (Å²) in [5, 5.41) is 10.8. The fraction of sp³-hybridized carbons (Fsp3) is 0.524. The molecule has 29 heavy (non-hydrogen) atoms. The van der Waals surface area contributed by atoms with Gasteiger partial charge in [-0.05, 0) is 44.5 Å². The van der Waals surface area contributed by atoms with Crippen LogP contribution in [0.3, 0.4) is 0 Å². The minimum Gasteiger partial charge on any atom is -0.497 e. The minimum atomic E-state index is -0.0229. The average Bonchev–Trinajstić information content (AvgIpc) is 3.12. The van der Waals surface area contributed by atoms with Crippen molar-refractivity contribution < 1.29 is 14.0 Å². The standard InChI is InChI=1S/C21H32N4O3.HI/c1-6-19-18(20(7-2)28-25-19)14-24-21(22-8-3)23-13-15(4)27-17-11-9-16(26-5)10-12-17;/h9-12,15H,6-8,13-14H2,1-5H3,(H2,22,23,24);1H. The predicted molar refractivity (Wildman–Crippen MR) is 127 cm³/mol. The van der Waals surface area contributed by atoms with Gasteiger partial charge < -0.3 is 24.6 Å². The summed E-state index contributed by atoms with van der Waals surface area (Å²) in [6.07, 6.45) is 1.63. The van der Waals surface area contributed by atoms with Gasteiger partial charge in [0.05, 0.1) is 25.9 Å². The van der Waals surface area contributed by atoms with Crippen LogP contribution in [0.4, 0.5) is 0 Å². The molecule has 0 aliphatic heterocycles. The van der Waals surface area contributed by atoms with Crippen LogP contribution in [0.25, 0.3) is 0 Å². The van der Waals surface area contributed by atoms with E-state index in [1.54, 1.807) is 7.11 Å². The van der Waals surface area contributed by atoms with Gasteiger partial charge in [-0.15, -0.1) is 24.0 Å².